The van der Waals surface area contributed by atoms with Gasteiger partial charge in [-0.3, -0.25) is 4.79 Å². The van der Waals surface area contributed by atoms with E-state index in [2.05, 4.69) is 0 Å². The number of ketones is 1. The molecule has 0 fully saturated rings. The Morgan fingerprint density at radius 3 is 2.33 bits per heavy atom. The van der Waals surface area contributed by atoms with Gasteiger partial charge in [-0.25, -0.2) is 8.42 Å². The largest absolute Gasteiger partial charge is 0.495 e. The third kappa shape index (κ3) is 2.56. The smallest absolute Gasteiger partial charge is 0.179 e. The average Bonchev–Trinajstić information content (AvgIpc) is 2.15. The highest BCUT2D eigenvalue weighted by molar-refractivity contribution is 7.90. The number of ether oxygens (including phenoxy) is 1. The molecule has 1 aromatic rings. The summed E-state index contributed by atoms with van der Waals surface area (Å²) in [6.07, 6.45) is 1.08. The van der Waals surface area contributed by atoms with E-state index in [0.717, 1.165) is 6.26 Å². The molecule has 0 atom stereocenters. The van der Waals surface area contributed by atoms with Gasteiger partial charge < -0.3 is 4.74 Å². The summed E-state index contributed by atoms with van der Waals surface area (Å²) in [6.45, 7) is 1.38. The zero-order valence-electron chi connectivity index (χ0n) is 8.77. The molecule has 0 bridgehead atoms. The van der Waals surface area contributed by atoms with Crippen molar-refractivity contribution in [1.29, 1.82) is 0 Å². The number of carbonyl (C=O) groups excluding carboxylic acids is 1. The zero-order chi connectivity index (χ0) is 11.6. The molecule has 4 nitrogen and oxygen atoms in total. The SMILES string of the molecule is COc1ccc(C(C)=O)cc1S(C)(=O)=O. The summed E-state index contributed by atoms with van der Waals surface area (Å²) in [5.74, 6) is 0.0741. The monoisotopic (exact) mass is 228 g/mol. The van der Waals surface area contributed by atoms with Crippen molar-refractivity contribution >= 4 is 15.6 Å². The van der Waals surface area contributed by atoms with Gasteiger partial charge in [-0.2, -0.15) is 0 Å². The zero-order valence-corrected chi connectivity index (χ0v) is 9.59. The number of rotatable bonds is 3. The lowest BCUT2D eigenvalue weighted by Gasteiger charge is -2.07. The Hall–Kier alpha value is -1.36. The fourth-order valence-electron chi connectivity index (χ4n) is 1.19. The number of methoxy groups -OCH3 is 1. The highest BCUT2D eigenvalue weighted by atomic mass is 32.2. The fourth-order valence-corrected chi connectivity index (χ4v) is 2.04. The van der Waals surface area contributed by atoms with Crippen molar-refractivity contribution in [2.24, 2.45) is 0 Å². The summed E-state index contributed by atoms with van der Waals surface area (Å²) >= 11 is 0. The third-order valence-electron chi connectivity index (χ3n) is 1.97. The van der Waals surface area contributed by atoms with E-state index in [0.29, 0.717) is 5.56 Å². The molecule has 0 saturated carbocycles. The Balaban J connectivity index is 3.46. The van der Waals surface area contributed by atoms with Gasteiger partial charge in [-0.05, 0) is 25.1 Å². The Morgan fingerprint density at radius 1 is 1.33 bits per heavy atom. The number of benzene rings is 1. The number of hydrogen-bond acceptors (Lipinski definition) is 4. The number of Topliss-reactive ketones (excluding diaryl/α,β-unsaturated/α-hetero) is 1. The number of carbonyl (C=O) groups is 1. The first-order valence-corrected chi connectivity index (χ1v) is 6.14. The van der Waals surface area contributed by atoms with E-state index >= 15 is 0 Å². The molecule has 1 rings (SSSR count). The topological polar surface area (TPSA) is 60.4 Å². The maximum Gasteiger partial charge on any atom is 0.179 e. The van der Waals surface area contributed by atoms with Crippen molar-refractivity contribution in [3.63, 3.8) is 0 Å². The lowest BCUT2D eigenvalue weighted by Crippen LogP contribution is -2.03. The first-order chi connectivity index (χ1) is 6.86. The normalized spacial score (nSPS) is 11.1. The molecule has 0 N–H and O–H groups in total. The van der Waals surface area contributed by atoms with Crippen LogP contribution < -0.4 is 4.74 Å². The molecule has 0 amide bonds. The number of hydrogen-bond donors (Lipinski definition) is 0. The molecule has 15 heavy (non-hydrogen) atoms. The van der Waals surface area contributed by atoms with E-state index in [1.807, 2.05) is 0 Å². The summed E-state index contributed by atoms with van der Waals surface area (Å²) in [6, 6.07) is 4.35. The van der Waals surface area contributed by atoms with Gasteiger partial charge in [0.05, 0.1) is 7.11 Å². The highest BCUT2D eigenvalue weighted by Crippen LogP contribution is 2.24. The van der Waals surface area contributed by atoms with Crippen LogP contribution in [0.15, 0.2) is 23.1 Å². The van der Waals surface area contributed by atoms with Crippen LogP contribution in [0.3, 0.4) is 0 Å². The fraction of sp³-hybridized carbons (Fsp3) is 0.300. The Labute approximate surface area is 88.8 Å². The van der Waals surface area contributed by atoms with Gasteiger partial charge in [-0.1, -0.05) is 0 Å². The Morgan fingerprint density at radius 2 is 1.93 bits per heavy atom. The molecule has 5 heteroatoms. The predicted octanol–water partition coefficient (Wildman–Crippen LogP) is 1.30. The molecule has 0 aromatic heterocycles. The van der Waals surface area contributed by atoms with Gasteiger partial charge in [0.2, 0.25) is 0 Å². The minimum absolute atomic E-state index is 0.0395. The maximum absolute atomic E-state index is 11.4. The first kappa shape index (κ1) is 11.7. The molecule has 0 aliphatic heterocycles. The number of sulfone groups is 1. The van der Waals surface area contributed by atoms with Crippen LogP contribution >= 0.6 is 0 Å². The molecule has 0 heterocycles. The van der Waals surface area contributed by atoms with Crippen LogP contribution in [0, 0.1) is 0 Å². The van der Waals surface area contributed by atoms with Gasteiger partial charge in [0, 0.05) is 11.8 Å². The van der Waals surface area contributed by atoms with E-state index in [-0.39, 0.29) is 16.4 Å². The lowest BCUT2D eigenvalue weighted by molar-refractivity contribution is 0.101. The van der Waals surface area contributed by atoms with Gasteiger partial charge >= 0.3 is 0 Å². The second-order valence-corrected chi connectivity index (χ2v) is 5.18. The molecule has 0 radical (unpaired) electrons. The van der Waals surface area contributed by atoms with E-state index in [9.17, 15) is 13.2 Å². The molecule has 82 valence electrons. The summed E-state index contributed by atoms with van der Waals surface area (Å²) in [5.41, 5.74) is 0.358. The molecule has 0 aliphatic carbocycles. The molecule has 0 saturated heterocycles. The molecule has 0 unspecified atom stereocenters. The lowest BCUT2D eigenvalue weighted by atomic mass is 10.1. The van der Waals surface area contributed by atoms with E-state index in [1.165, 1.54) is 32.2 Å². The van der Waals surface area contributed by atoms with Crippen molar-refractivity contribution in [2.45, 2.75) is 11.8 Å². The van der Waals surface area contributed by atoms with Crippen LogP contribution in [-0.4, -0.2) is 27.6 Å². The first-order valence-electron chi connectivity index (χ1n) is 4.25. The average molecular weight is 228 g/mol. The molecular formula is C10H12O4S. The van der Waals surface area contributed by atoms with E-state index in [1.54, 1.807) is 0 Å². The second-order valence-electron chi connectivity index (χ2n) is 3.19. The minimum Gasteiger partial charge on any atom is -0.495 e. The van der Waals surface area contributed by atoms with Gasteiger partial charge in [0.1, 0.15) is 10.6 Å². The van der Waals surface area contributed by atoms with Crippen molar-refractivity contribution in [3.05, 3.63) is 23.8 Å². The maximum atomic E-state index is 11.4. The highest BCUT2D eigenvalue weighted by Gasteiger charge is 2.15. The summed E-state index contributed by atoms with van der Waals surface area (Å²) in [5, 5.41) is 0. The van der Waals surface area contributed by atoms with E-state index in [4.69, 9.17) is 4.74 Å². The molecule has 0 aliphatic rings. The Bertz CT molecular complexity index is 488. The van der Waals surface area contributed by atoms with Gasteiger partial charge in [0.15, 0.2) is 15.6 Å². The molecule has 0 spiro atoms. The molecule has 1 aromatic carbocycles. The van der Waals surface area contributed by atoms with Crippen LogP contribution in [-0.2, 0) is 9.84 Å². The summed E-state index contributed by atoms with van der Waals surface area (Å²) in [7, 11) is -1.99. The second kappa shape index (κ2) is 4.02. The van der Waals surface area contributed by atoms with E-state index < -0.39 is 9.84 Å². The van der Waals surface area contributed by atoms with Crippen molar-refractivity contribution in [3.8, 4) is 5.75 Å². The van der Waals surface area contributed by atoms with Crippen LogP contribution in [0.1, 0.15) is 17.3 Å². The van der Waals surface area contributed by atoms with Crippen molar-refractivity contribution in [2.75, 3.05) is 13.4 Å². The van der Waals surface area contributed by atoms with Gasteiger partial charge in [0.25, 0.3) is 0 Å². The quantitative estimate of drug-likeness (QED) is 0.732. The van der Waals surface area contributed by atoms with Gasteiger partial charge in [-0.15, -0.1) is 0 Å². The predicted molar refractivity (Wildman–Crippen MR) is 56.1 cm³/mol. The summed E-state index contributed by atoms with van der Waals surface area (Å²) < 4.78 is 27.7. The Kier molecular flexibility index (Phi) is 3.14. The standard InChI is InChI=1S/C10H12O4S/c1-7(11)8-4-5-9(14-2)10(6-8)15(3,12)13/h4-6H,1-3H3. The summed E-state index contributed by atoms with van der Waals surface area (Å²) in [4.78, 5) is 11.1. The minimum atomic E-state index is -3.38. The van der Waals surface area contributed by atoms with Crippen LogP contribution in [0.4, 0.5) is 0 Å². The molecular weight excluding hydrogens is 216 g/mol. The van der Waals surface area contributed by atoms with Crippen molar-refractivity contribution < 1.29 is 17.9 Å². The van der Waals surface area contributed by atoms with Crippen LogP contribution in [0.5, 0.6) is 5.75 Å². The van der Waals surface area contributed by atoms with Crippen LogP contribution in [0.2, 0.25) is 0 Å². The third-order valence-corrected chi connectivity index (χ3v) is 3.09. The van der Waals surface area contributed by atoms with Crippen LogP contribution in [0.25, 0.3) is 0 Å². The van der Waals surface area contributed by atoms with Crippen molar-refractivity contribution in [1.82, 2.24) is 0 Å².